The van der Waals surface area contributed by atoms with Crippen molar-refractivity contribution in [2.24, 2.45) is 5.73 Å². The molecule has 0 radical (unpaired) electrons. The molecule has 0 saturated carbocycles. The fourth-order valence-electron chi connectivity index (χ4n) is 1.57. The molecule has 0 aliphatic carbocycles. The molecule has 0 aliphatic heterocycles. The van der Waals surface area contributed by atoms with Crippen molar-refractivity contribution in [2.45, 2.75) is 58.7 Å². The van der Waals surface area contributed by atoms with E-state index < -0.39 is 17.7 Å². The van der Waals surface area contributed by atoms with Crippen molar-refractivity contribution in [2.75, 3.05) is 13.2 Å². The largest absolute Gasteiger partial charge is 0.444 e. The average molecular weight is 314 g/mol. The van der Waals surface area contributed by atoms with Gasteiger partial charge >= 0.3 is 6.09 Å². The number of hydrogen-bond donors (Lipinski definition) is 2. The second-order valence-electron chi connectivity index (χ2n) is 5.88. The van der Waals surface area contributed by atoms with E-state index in [1.807, 2.05) is 0 Å². The summed E-state index contributed by atoms with van der Waals surface area (Å²) in [7, 11) is 0. The lowest BCUT2D eigenvalue weighted by Gasteiger charge is -2.22. The standard InChI is InChI=1S/C14H26N4O4/c1-5-6-7-20-9-10(12-17-11(8-15)22-18-12)16-13(19)21-14(2,3)4/h10H,5-9,15H2,1-4H3,(H,16,19). The van der Waals surface area contributed by atoms with Crippen molar-refractivity contribution < 1.29 is 18.8 Å². The van der Waals surface area contributed by atoms with Crippen molar-refractivity contribution in [3.8, 4) is 0 Å². The summed E-state index contributed by atoms with van der Waals surface area (Å²) in [5, 5.41) is 6.51. The van der Waals surface area contributed by atoms with Crippen LogP contribution in [-0.2, 0) is 16.0 Å². The van der Waals surface area contributed by atoms with E-state index in [1.165, 1.54) is 0 Å². The van der Waals surface area contributed by atoms with Crippen molar-refractivity contribution in [3.63, 3.8) is 0 Å². The van der Waals surface area contributed by atoms with E-state index in [0.717, 1.165) is 12.8 Å². The Morgan fingerprint density at radius 2 is 2.18 bits per heavy atom. The quantitative estimate of drug-likeness (QED) is 0.705. The Balaban J connectivity index is 2.66. The summed E-state index contributed by atoms with van der Waals surface area (Å²) in [6.45, 7) is 8.43. The van der Waals surface area contributed by atoms with Gasteiger partial charge < -0.3 is 25.0 Å². The van der Waals surface area contributed by atoms with E-state index in [0.29, 0.717) is 18.3 Å². The fourth-order valence-corrected chi connectivity index (χ4v) is 1.57. The van der Waals surface area contributed by atoms with Crippen LogP contribution in [0.4, 0.5) is 4.79 Å². The molecule has 22 heavy (non-hydrogen) atoms. The zero-order valence-electron chi connectivity index (χ0n) is 13.7. The molecule has 0 aromatic carbocycles. The number of aromatic nitrogens is 2. The Labute approximate surface area is 130 Å². The van der Waals surface area contributed by atoms with Crippen molar-refractivity contribution in [1.82, 2.24) is 15.5 Å². The molecule has 8 nitrogen and oxygen atoms in total. The summed E-state index contributed by atoms with van der Waals surface area (Å²) in [5.41, 5.74) is 4.86. The number of amides is 1. The van der Waals surface area contributed by atoms with Gasteiger partial charge in [0.15, 0.2) is 5.82 Å². The number of carbonyl (C=O) groups is 1. The van der Waals surface area contributed by atoms with Gasteiger partial charge in [0.05, 0.1) is 13.2 Å². The second kappa shape index (κ2) is 8.70. The topological polar surface area (TPSA) is 112 Å². The summed E-state index contributed by atoms with van der Waals surface area (Å²) < 4.78 is 15.7. The Hall–Kier alpha value is -1.67. The lowest BCUT2D eigenvalue weighted by molar-refractivity contribution is 0.0431. The minimum Gasteiger partial charge on any atom is -0.444 e. The molecule has 0 saturated heterocycles. The van der Waals surface area contributed by atoms with Gasteiger partial charge in [-0.05, 0) is 27.2 Å². The van der Waals surface area contributed by atoms with Crippen molar-refractivity contribution in [1.29, 1.82) is 0 Å². The monoisotopic (exact) mass is 314 g/mol. The van der Waals surface area contributed by atoms with Crippen LogP contribution in [0.25, 0.3) is 0 Å². The first kappa shape index (κ1) is 18.4. The molecule has 126 valence electrons. The summed E-state index contributed by atoms with van der Waals surface area (Å²) in [5.74, 6) is 0.627. The summed E-state index contributed by atoms with van der Waals surface area (Å²) in [6.07, 6.45) is 1.42. The molecule has 3 N–H and O–H groups in total. The average Bonchev–Trinajstić information content (AvgIpc) is 2.89. The number of nitrogens with one attached hydrogen (secondary N) is 1. The van der Waals surface area contributed by atoms with Crippen molar-refractivity contribution in [3.05, 3.63) is 11.7 Å². The third kappa shape index (κ3) is 6.86. The van der Waals surface area contributed by atoms with E-state index in [2.05, 4.69) is 22.4 Å². The maximum absolute atomic E-state index is 11.9. The smallest absolute Gasteiger partial charge is 0.408 e. The van der Waals surface area contributed by atoms with Gasteiger partial charge in [0.1, 0.15) is 11.6 Å². The summed E-state index contributed by atoms with van der Waals surface area (Å²) in [4.78, 5) is 16.0. The van der Waals surface area contributed by atoms with Crippen LogP contribution in [0.5, 0.6) is 0 Å². The third-order valence-electron chi connectivity index (χ3n) is 2.59. The van der Waals surface area contributed by atoms with Gasteiger partial charge in [0.2, 0.25) is 5.89 Å². The van der Waals surface area contributed by atoms with E-state index in [4.69, 9.17) is 19.7 Å². The molecule has 1 amide bonds. The highest BCUT2D eigenvalue weighted by molar-refractivity contribution is 5.68. The fraction of sp³-hybridized carbons (Fsp3) is 0.786. The number of unbranched alkanes of at least 4 members (excludes halogenated alkanes) is 1. The SMILES string of the molecule is CCCCOCC(NC(=O)OC(C)(C)C)c1noc(CN)n1. The van der Waals surface area contributed by atoms with Gasteiger partial charge in [-0.15, -0.1) is 0 Å². The van der Waals surface area contributed by atoms with E-state index in [-0.39, 0.29) is 13.2 Å². The molecule has 0 fully saturated rings. The molecule has 0 bridgehead atoms. The third-order valence-corrected chi connectivity index (χ3v) is 2.59. The number of ether oxygens (including phenoxy) is 2. The lowest BCUT2D eigenvalue weighted by atomic mass is 10.2. The van der Waals surface area contributed by atoms with Gasteiger partial charge in [0.25, 0.3) is 0 Å². The van der Waals surface area contributed by atoms with Gasteiger partial charge in [0, 0.05) is 6.61 Å². The zero-order chi connectivity index (χ0) is 16.6. The molecule has 1 heterocycles. The maximum atomic E-state index is 11.9. The Bertz CT molecular complexity index is 456. The second-order valence-corrected chi connectivity index (χ2v) is 5.88. The number of hydrogen-bond acceptors (Lipinski definition) is 7. The Morgan fingerprint density at radius 3 is 2.73 bits per heavy atom. The van der Waals surface area contributed by atoms with Crippen LogP contribution in [0.2, 0.25) is 0 Å². The van der Waals surface area contributed by atoms with Gasteiger partial charge in [-0.2, -0.15) is 4.98 Å². The molecule has 1 atom stereocenters. The number of rotatable bonds is 8. The zero-order valence-corrected chi connectivity index (χ0v) is 13.7. The Kier molecular flexibility index (Phi) is 7.26. The van der Waals surface area contributed by atoms with Gasteiger partial charge in [-0.3, -0.25) is 0 Å². The lowest BCUT2D eigenvalue weighted by Crippen LogP contribution is -2.37. The summed E-state index contributed by atoms with van der Waals surface area (Å²) in [6, 6.07) is -0.546. The van der Waals surface area contributed by atoms with E-state index >= 15 is 0 Å². The molecule has 0 aliphatic rings. The van der Waals surface area contributed by atoms with Crippen LogP contribution in [0, 0.1) is 0 Å². The predicted octanol–water partition coefficient (Wildman–Crippen LogP) is 1.91. The first-order chi connectivity index (χ1) is 10.4. The van der Waals surface area contributed by atoms with Crippen LogP contribution in [0.3, 0.4) is 0 Å². The molecule has 0 spiro atoms. The highest BCUT2D eigenvalue weighted by atomic mass is 16.6. The maximum Gasteiger partial charge on any atom is 0.408 e. The Morgan fingerprint density at radius 1 is 1.45 bits per heavy atom. The molecule has 8 heteroatoms. The molecular formula is C14H26N4O4. The molecule has 1 rings (SSSR count). The first-order valence-electron chi connectivity index (χ1n) is 7.45. The summed E-state index contributed by atoms with van der Waals surface area (Å²) >= 11 is 0. The number of alkyl carbamates (subject to hydrolysis) is 1. The van der Waals surface area contributed by atoms with Gasteiger partial charge in [-0.25, -0.2) is 4.79 Å². The van der Waals surface area contributed by atoms with Crippen molar-refractivity contribution >= 4 is 6.09 Å². The molecule has 1 aromatic rings. The van der Waals surface area contributed by atoms with Crippen LogP contribution in [0.15, 0.2) is 4.52 Å². The molecular weight excluding hydrogens is 288 g/mol. The minimum atomic E-state index is -0.586. The number of carbonyl (C=O) groups excluding carboxylic acids is 1. The van der Waals surface area contributed by atoms with E-state index in [1.54, 1.807) is 20.8 Å². The van der Waals surface area contributed by atoms with E-state index in [9.17, 15) is 4.79 Å². The highest BCUT2D eigenvalue weighted by Crippen LogP contribution is 2.13. The molecule has 1 aromatic heterocycles. The predicted molar refractivity (Wildman–Crippen MR) is 80.0 cm³/mol. The minimum absolute atomic E-state index is 0.142. The normalized spacial score (nSPS) is 13.0. The van der Waals surface area contributed by atoms with Crippen LogP contribution >= 0.6 is 0 Å². The number of nitrogens with zero attached hydrogens (tertiary/aromatic N) is 2. The van der Waals surface area contributed by atoms with Crippen LogP contribution in [0.1, 0.15) is 58.3 Å². The van der Waals surface area contributed by atoms with Crippen LogP contribution < -0.4 is 11.1 Å². The first-order valence-corrected chi connectivity index (χ1v) is 7.45. The van der Waals surface area contributed by atoms with Crippen LogP contribution in [-0.4, -0.2) is 35.0 Å². The number of nitrogens with two attached hydrogens (primary N) is 1. The van der Waals surface area contributed by atoms with Gasteiger partial charge in [-0.1, -0.05) is 18.5 Å². The molecule has 1 unspecified atom stereocenters. The highest BCUT2D eigenvalue weighted by Gasteiger charge is 2.24.